The summed E-state index contributed by atoms with van der Waals surface area (Å²) in [6, 6.07) is 6.86. The van der Waals surface area contributed by atoms with Gasteiger partial charge in [0, 0.05) is 18.5 Å². The van der Waals surface area contributed by atoms with Crippen LogP contribution in [0, 0.1) is 5.82 Å². The van der Waals surface area contributed by atoms with Gasteiger partial charge in [0.25, 0.3) is 0 Å². The average Bonchev–Trinajstić information content (AvgIpc) is 2.80. The lowest BCUT2D eigenvalue weighted by molar-refractivity contribution is 0.619. The van der Waals surface area contributed by atoms with Gasteiger partial charge in [0.15, 0.2) is 0 Å². The third kappa shape index (κ3) is 2.31. The lowest BCUT2D eigenvalue weighted by atomic mass is 10.3. The molecule has 3 rings (SSSR count). The molecule has 0 N–H and O–H groups in total. The quantitative estimate of drug-likeness (QED) is 0.663. The maximum Gasteiger partial charge on any atom is 0.139 e. The van der Waals surface area contributed by atoms with Crippen LogP contribution in [0.25, 0.3) is 16.7 Å². The molecule has 0 radical (unpaired) electrons. The minimum Gasteiger partial charge on any atom is -0.296 e. The normalized spacial score (nSPS) is 11.2. The summed E-state index contributed by atoms with van der Waals surface area (Å²) < 4.78 is 16.1. The smallest absolute Gasteiger partial charge is 0.139 e. The maximum absolute atomic E-state index is 13.8. The molecular formula is C14H10BrClFN3. The first-order valence-corrected chi connectivity index (χ1v) is 7.36. The van der Waals surface area contributed by atoms with Crippen LogP contribution in [0.2, 0.25) is 0 Å². The van der Waals surface area contributed by atoms with E-state index < -0.39 is 0 Å². The topological polar surface area (TPSA) is 30.7 Å². The fourth-order valence-electron chi connectivity index (χ4n) is 2.15. The lowest BCUT2D eigenvalue weighted by Gasteiger charge is -2.09. The Morgan fingerprint density at radius 1 is 1.30 bits per heavy atom. The Morgan fingerprint density at radius 3 is 2.90 bits per heavy atom. The number of rotatable bonds is 3. The molecule has 1 aromatic carbocycles. The van der Waals surface area contributed by atoms with Gasteiger partial charge >= 0.3 is 0 Å². The first-order valence-electron chi connectivity index (χ1n) is 6.03. The fourth-order valence-corrected chi connectivity index (χ4v) is 2.56. The Morgan fingerprint density at radius 2 is 2.15 bits per heavy atom. The lowest BCUT2D eigenvalue weighted by Crippen LogP contribution is -2.02. The molecule has 0 atom stereocenters. The summed E-state index contributed by atoms with van der Waals surface area (Å²) in [6.45, 7) is 0. The van der Waals surface area contributed by atoms with E-state index in [1.807, 2.05) is 16.7 Å². The Balaban J connectivity index is 2.26. The summed E-state index contributed by atoms with van der Waals surface area (Å²) in [7, 11) is 0. The predicted molar refractivity (Wildman–Crippen MR) is 80.9 cm³/mol. The van der Waals surface area contributed by atoms with Crippen molar-refractivity contribution in [3.63, 3.8) is 0 Å². The van der Waals surface area contributed by atoms with Crippen molar-refractivity contribution < 1.29 is 4.39 Å². The highest BCUT2D eigenvalue weighted by Crippen LogP contribution is 2.24. The number of pyridine rings is 1. The van der Waals surface area contributed by atoms with Gasteiger partial charge in [-0.3, -0.25) is 9.55 Å². The van der Waals surface area contributed by atoms with E-state index in [-0.39, 0.29) is 5.82 Å². The highest BCUT2D eigenvalue weighted by molar-refractivity contribution is 9.10. The van der Waals surface area contributed by atoms with Crippen LogP contribution in [0.3, 0.4) is 0 Å². The zero-order chi connectivity index (χ0) is 14.1. The van der Waals surface area contributed by atoms with E-state index in [1.54, 1.807) is 18.5 Å². The molecule has 2 heterocycles. The zero-order valence-electron chi connectivity index (χ0n) is 10.4. The van der Waals surface area contributed by atoms with Crippen molar-refractivity contribution >= 4 is 38.6 Å². The van der Waals surface area contributed by atoms with Crippen molar-refractivity contribution in [3.05, 3.63) is 52.8 Å². The van der Waals surface area contributed by atoms with Gasteiger partial charge < -0.3 is 0 Å². The van der Waals surface area contributed by atoms with E-state index in [2.05, 4.69) is 25.9 Å². The van der Waals surface area contributed by atoms with E-state index >= 15 is 0 Å². The molecule has 0 unspecified atom stereocenters. The molecule has 0 aliphatic carbocycles. The zero-order valence-corrected chi connectivity index (χ0v) is 12.7. The second kappa shape index (κ2) is 5.50. The van der Waals surface area contributed by atoms with Crippen LogP contribution in [0.15, 0.2) is 41.1 Å². The number of aryl methyl sites for hydroxylation is 1. The fraction of sp³-hybridized carbons (Fsp3) is 0.143. The minimum atomic E-state index is -0.310. The van der Waals surface area contributed by atoms with Crippen molar-refractivity contribution in [2.24, 2.45) is 0 Å². The van der Waals surface area contributed by atoms with E-state index in [0.29, 0.717) is 16.8 Å². The monoisotopic (exact) mass is 353 g/mol. The number of alkyl halides is 1. The third-order valence-electron chi connectivity index (χ3n) is 3.01. The number of benzene rings is 1. The van der Waals surface area contributed by atoms with Crippen molar-refractivity contribution in [2.75, 3.05) is 5.88 Å². The largest absolute Gasteiger partial charge is 0.296 e. The van der Waals surface area contributed by atoms with Crippen LogP contribution in [0.4, 0.5) is 4.39 Å². The summed E-state index contributed by atoms with van der Waals surface area (Å²) in [5.74, 6) is 0.940. The first kappa shape index (κ1) is 13.5. The van der Waals surface area contributed by atoms with Gasteiger partial charge in [-0.1, -0.05) is 0 Å². The second-order valence-corrected chi connectivity index (χ2v) is 5.50. The molecule has 0 fully saturated rings. The Kier molecular flexibility index (Phi) is 3.72. The number of hydrogen-bond acceptors (Lipinski definition) is 2. The van der Waals surface area contributed by atoms with Crippen molar-refractivity contribution in [1.29, 1.82) is 0 Å². The van der Waals surface area contributed by atoms with E-state index in [1.165, 1.54) is 6.07 Å². The molecule has 0 spiro atoms. The molecule has 0 amide bonds. The van der Waals surface area contributed by atoms with Gasteiger partial charge in [0.05, 0.1) is 21.9 Å². The number of imidazole rings is 1. The van der Waals surface area contributed by atoms with Crippen molar-refractivity contribution in [1.82, 2.24) is 14.5 Å². The standard InChI is InChI=1S/C14H10BrClFN3/c15-10-2-1-9(7-11(10)17)20-13-4-6-18-8-12(13)19-14(20)3-5-16/h1-2,4,6-8H,3,5H2. The van der Waals surface area contributed by atoms with Crippen LogP contribution in [0.5, 0.6) is 0 Å². The van der Waals surface area contributed by atoms with E-state index in [4.69, 9.17) is 11.6 Å². The van der Waals surface area contributed by atoms with Crippen LogP contribution >= 0.6 is 27.5 Å². The van der Waals surface area contributed by atoms with Gasteiger partial charge in [-0.15, -0.1) is 11.6 Å². The number of nitrogens with zero attached hydrogens (tertiary/aromatic N) is 3. The highest BCUT2D eigenvalue weighted by Gasteiger charge is 2.13. The number of fused-ring (bicyclic) bond motifs is 1. The molecular weight excluding hydrogens is 345 g/mol. The van der Waals surface area contributed by atoms with Crippen LogP contribution in [-0.4, -0.2) is 20.4 Å². The Bertz CT molecular complexity index is 772. The molecule has 3 nitrogen and oxygen atoms in total. The highest BCUT2D eigenvalue weighted by atomic mass is 79.9. The summed E-state index contributed by atoms with van der Waals surface area (Å²) >= 11 is 8.99. The number of aromatic nitrogens is 3. The summed E-state index contributed by atoms with van der Waals surface area (Å²) in [6.07, 6.45) is 3.99. The average molecular weight is 355 g/mol. The van der Waals surface area contributed by atoms with E-state index in [0.717, 1.165) is 22.5 Å². The van der Waals surface area contributed by atoms with Gasteiger partial charge in [0.1, 0.15) is 17.2 Å². The molecule has 102 valence electrons. The van der Waals surface area contributed by atoms with Crippen molar-refractivity contribution in [3.8, 4) is 5.69 Å². The van der Waals surface area contributed by atoms with Gasteiger partial charge in [-0.2, -0.15) is 0 Å². The molecule has 2 aromatic heterocycles. The number of hydrogen-bond donors (Lipinski definition) is 0. The summed E-state index contributed by atoms with van der Waals surface area (Å²) in [5.41, 5.74) is 2.39. The van der Waals surface area contributed by atoms with Crippen LogP contribution in [-0.2, 0) is 6.42 Å². The molecule has 0 saturated carbocycles. The maximum atomic E-state index is 13.8. The molecule has 0 bridgehead atoms. The minimum absolute atomic E-state index is 0.310. The van der Waals surface area contributed by atoms with Crippen LogP contribution < -0.4 is 0 Å². The first-order chi connectivity index (χ1) is 9.70. The third-order valence-corrected chi connectivity index (χ3v) is 3.84. The van der Waals surface area contributed by atoms with E-state index in [9.17, 15) is 4.39 Å². The number of halogens is 3. The second-order valence-electron chi connectivity index (χ2n) is 4.27. The molecule has 3 aromatic rings. The summed E-state index contributed by atoms with van der Waals surface area (Å²) in [4.78, 5) is 8.58. The van der Waals surface area contributed by atoms with Gasteiger partial charge in [0.2, 0.25) is 0 Å². The molecule has 6 heteroatoms. The van der Waals surface area contributed by atoms with Crippen LogP contribution in [0.1, 0.15) is 5.82 Å². The Labute approximate surface area is 128 Å². The molecule has 0 saturated heterocycles. The molecule has 0 aliphatic heterocycles. The van der Waals surface area contributed by atoms with Crippen molar-refractivity contribution in [2.45, 2.75) is 6.42 Å². The molecule has 20 heavy (non-hydrogen) atoms. The summed E-state index contributed by atoms with van der Waals surface area (Å²) in [5, 5.41) is 0. The predicted octanol–water partition coefficient (Wildman–Crippen LogP) is 4.10. The van der Waals surface area contributed by atoms with Gasteiger partial charge in [-0.25, -0.2) is 9.37 Å². The SMILES string of the molecule is Fc1cc(-n2c(CCCl)nc3cnccc32)ccc1Br. The molecule has 0 aliphatic rings. The van der Waals surface area contributed by atoms with Gasteiger partial charge in [-0.05, 0) is 40.2 Å². The Hall–Kier alpha value is -1.46.